The number of ether oxygens (including phenoxy) is 1. The fraction of sp³-hybridized carbons (Fsp3) is 0.500. The Morgan fingerprint density at radius 3 is 2.39 bits per heavy atom. The Morgan fingerprint density at radius 2 is 1.87 bits per heavy atom. The molecule has 2 atom stereocenters. The van der Waals surface area contributed by atoms with E-state index in [0.717, 1.165) is 6.42 Å². The maximum absolute atomic E-state index is 12.0. The molecule has 130 valence electrons. The van der Waals surface area contributed by atoms with Gasteiger partial charge in [0.15, 0.2) is 0 Å². The zero-order valence-corrected chi connectivity index (χ0v) is 14.5. The number of carbonyl (C=O) groups excluding carboxylic acids is 1. The Kier molecular flexibility index (Phi) is 7.27. The summed E-state index contributed by atoms with van der Waals surface area (Å²) >= 11 is 0. The molecule has 1 aromatic carbocycles. The molecule has 0 aromatic heterocycles. The number of nitrogens with two attached hydrogens (primary N) is 1. The van der Waals surface area contributed by atoms with Crippen LogP contribution in [-0.2, 0) is 19.6 Å². The van der Waals surface area contributed by atoms with Gasteiger partial charge < -0.3 is 15.8 Å². The highest BCUT2D eigenvalue weighted by Gasteiger charge is 2.29. The number of hydrogen-bond donors (Lipinski definition) is 3. The van der Waals surface area contributed by atoms with Crippen LogP contribution in [0, 0.1) is 0 Å². The molecule has 1 aliphatic rings. The minimum atomic E-state index is -3.30. The highest BCUT2D eigenvalue weighted by molar-refractivity contribution is 7.92. The van der Waals surface area contributed by atoms with Crippen LogP contribution in [0.4, 0.5) is 11.4 Å². The van der Waals surface area contributed by atoms with Crippen LogP contribution in [0.15, 0.2) is 24.3 Å². The van der Waals surface area contributed by atoms with Crippen molar-refractivity contribution in [2.75, 3.05) is 22.3 Å². The molecule has 0 saturated carbocycles. The van der Waals surface area contributed by atoms with Gasteiger partial charge in [-0.15, -0.1) is 12.4 Å². The van der Waals surface area contributed by atoms with Gasteiger partial charge in [-0.3, -0.25) is 9.52 Å². The zero-order valence-electron chi connectivity index (χ0n) is 12.8. The Labute approximate surface area is 142 Å². The average molecular weight is 364 g/mol. The van der Waals surface area contributed by atoms with E-state index in [9.17, 15) is 13.2 Å². The summed E-state index contributed by atoms with van der Waals surface area (Å²) < 4.78 is 30.9. The number of nitrogens with one attached hydrogen (secondary N) is 2. The van der Waals surface area contributed by atoms with Crippen molar-refractivity contribution in [2.24, 2.45) is 5.73 Å². The van der Waals surface area contributed by atoms with Crippen molar-refractivity contribution in [2.45, 2.75) is 32.0 Å². The van der Waals surface area contributed by atoms with Gasteiger partial charge in [0.2, 0.25) is 10.0 Å². The topological polar surface area (TPSA) is 111 Å². The molecule has 1 aliphatic heterocycles. The van der Waals surface area contributed by atoms with E-state index < -0.39 is 16.1 Å². The van der Waals surface area contributed by atoms with Gasteiger partial charge in [0.05, 0.1) is 11.9 Å². The largest absolute Gasteiger partial charge is 0.364 e. The molecule has 0 radical (unpaired) electrons. The first-order valence-electron chi connectivity index (χ1n) is 7.20. The second-order valence-corrected chi connectivity index (χ2v) is 7.14. The molecular weight excluding hydrogens is 342 g/mol. The standard InChI is InChI=1S/C14H21N3O4S.ClH/c1-2-22(19,20)17-11-5-3-10(4-6-11)16-14(18)13-8-7-12(9-15)21-13;/h3-6,12-13,17H,2,7-9,15H2,1H3,(H,16,18);1H/t12-,13+;/m1./s1. The van der Waals surface area contributed by atoms with E-state index in [-0.39, 0.29) is 30.2 Å². The van der Waals surface area contributed by atoms with Gasteiger partial charge in [0, 0.05) is 17.9 Å². The van der Waals surface area contributed by atoms with Crippen LogP contribution < -0.4 is 15.8 Å². The molecule has 9 heteroatoms. The lowest BCUT2D eigenvalue weighted by molar-refractivity contribution is -0.126. The number of sulfonamides is 1. The number of anilines is 2. The Hall–Kier alpha value is -1.35. The van der Waals surface area contributed by atoms with Crippen molar-refractivity contribution in [1.82, 2.24) is 0 Å². The molecular formula is C14H22ClN3O4S. The monoisotopic (exact) mass is 363 g/mol. The maximum atomic E-state index is 12.0. The third kappa shape index (κ3) is 5.65. The van der Waals surface area contributed by atoms with Crippen molar-refractivity contribution in [3.05, 3.63) is 24.3 Å². The van der Waals surface area contributed by atoms with Gasteiger partial charge >= 0.3 is 0 Å². The normalized spacial score (nSPS) is 20.6. The summed E-state index contributed by atoms with van der Waals surface area (Å²) in [7, 11) is -3.30. The molecule has 7 nitrogen and oxygen atoms in total. The van der Waals surface area contributed by atoms with Crippen molar-refractivity contribution < 1.29 is 17.9 Å². The number of carbonyl (C=O) groups is 1. The Balaban J connectivity index is 0.00000264. The van der Waals surface area contributed by atoms with E-state index >= 15 is 0 Å². The first-order valence-corrected chi connectivity index (χ1v) is 8.85. The number of rotatable bonds is 6. The molecule has 0 aliphatic carbocycles. The summed E-state index contributed by atoms with van der Waals surface area (Å²) in [5.74, 6) is -0.204. The Bertz CT molecular complexity index is 621. The van der Waals surface area contributed by atoms with Crippen molar-refractivity contribution >= 4 is 39.7 Å². The molecule has 1 fully saturated rings. The summed E-state index contributed by atoms with van der Waals surface area (Å²) in [4.78, 5) is 12.0. The van der Waals surface area contributed by atoms with E-state index in [0.29, 0.717) is 24.3 Å². The van der Waals surface area contributed by atoms with E-state index in [4.69, 9.17) is 10.5 Å². The van der Waals surface area contributed by atoms with Crippen LogP contribution in [0.25, 0.3) is 0 Å². The molecule has 2 rings (SSSR count). The average Bonchev–Trinajstić information content (AvgIpc) is 2.98. The summed E-state index contributed by atoms with van der Waals surface area (Å²) in [6.45, 7) is 1.98. The molecule has 1 amide bonds. The van der Waals surface area contributed by atoms with E-state index in [1.165, 1.54) is 0 Å². The lowest BCUT2D eigenvalue weighted by atomic mass is 10.2. The summed E-state index contributed by atoms with van der Waals surface area (Å²) in [5, 5.41) is 2.75. The first-order chi connectivity index (χ1) is 10.4. The van der Waals surface area contributed by atoms with Crippen LogP contribution in [0.3, 0.4) is 0 Å². The number of halogens is 1. The quantitative estimate of drug-likeness (QED) is 0.705. The third-order valence-electron chi connectivity index (χ3n) is 3.47. The summed E-state index contributed by atoms with van der Waals surface area (Å²) in [6, 6.07) is 6.48. The van der Waals surface area contributed by atoms with E-state index in [2.05, 4.69) is 10.0 Å². The smallest absolute Gasteiger partial charge is 0.253 e. The van der Waals surface area contributed by atoms with Crippen LogP contribution in [0.5, 0.6) is 0 Å². The van der Waals surface area contributed by atoms with Gasteiger partial charge in [0.1, 0.15) is 6.10 Å². The molecule has 1 saturated heterocycles. The highest BCUT2D eigenvalue weighted by atomic mass is 35.5. The predicted octanol–water partition coefficient (Wildman–Crippen LogP) is 1.31. The fourth-order valence-corrected chi connectivity index (χ4v) is 2.81. The third-order valence-corrected chi connectivity index (χ3v) is 4.78. The molecule has 0 bridgehead atoms. The lowest BCUT2D eigenvalue weighted by Crippen LogP contribution is -2.29. The second-order valence-electron chi connectivity index (χ2n) is 5.13. The minimum Gasteiger partial charge on any atom is -0.364 e. The van der Waals surface area contributed by atoms with Crippen LogP contribution >= 0.6 is 12.4 Å². The summed E-state index contributed by atoms with van der Waals surface area (Å²) in [6.07, 6.45) is 0.905. The van der Waals surface area contributed by atoms with Crippen LogP contribution in [-0.4, -0.2) is 38.8 Å². The number of hydrogen-bond acceptors (Lipinski definition) is 5. The molecule has 23 heavy (non-hydrogen) atoms. The molecule has 0 unspecified atom stereocenters. The lowest BCUT2D eigenvalue weighted by Gasteiger charge is -2.13. The van der Waals surface area contributed by atoms with Crippen LogP contribution in [0.1, 0.15) is 19.8 Å². The van der Waals surface area contributed by atoms with E-state index in [1.807, 2.05) is 0 Å². The SMILES string of the molecule is CCS(=O)(=O)Nc1ccc(NC(=O)[C@@H]2CC[C@H](CN)O2)cc1.Cl. The zero-order chi connectivity index (χ0) is 16.2. The van der Waals surface area contributed by atoms with Gasteiger partial charge in [-0.2, -0.15) is 0 Å². The van der Waals surface area contributed by atoms with Gasteiger partial charge in [-0.1, -0.05) is 0 Å². The molecule has 1 heterocycles. The second kappa shape index (κ2) is 8.49. The highest BCUT2D eigenvalue weighted by Crippen LogP contribution is 2.21. The van der Waals surface area contributed by atoms with Gasteiger partial charge in [-0.25, -0.2) is 8.42 Å². The van der Waals surface area contributed by atoms with Gasteiger partial charge in [0.25, 0.3) is 5.91 Å². The number of benzene rings is 1. The van der Waals surface area contributed by atoms with Crippen molar-refractivity contribution in [3.63, 3.8) is 0 Å². The van der Waals surface area contributed by atoms with Crippen molar-refractivity contribution in [3.8, 4) is 0 Å². The van der Waals surface area contributed by atoms with E-state index in [1.54, 1.807) is 31.2 Å². The first kappa shape index (κ1) is 19.7. The minimum absolute atomic E-state index is 0. The van der Waals surface area contributed by atoms with Gasteiger partial charge in [-0.05, 0) is 44.0 Å². The number of amides is 1. The molecule has 4 N–H and O–H groups in total. The predicted molar refractivity (Wildman–Crippen MR) is 92.4 cm³/mol. The summed E-state index contributed by atoms with van der Waals surface area (Å²) in [5.41, 5.74) is 6.56. The Morgan fingerprint density at radius 1 is 1.26 bits per heavy atom. The van der Waals surface area contributed by atoms with Crippen LogP contribution in [0.2, 0.25) is 0 Å². The fourth-order valence-electron chi connectivity index (χ4n) is 2.17. The maximum Gasteiger partial charge on any atom is 0.253 e. The van der Waals surface area contributed by atoms with Crippen molar-refractivity contribution in [1.29, 1.82) is 0 Å². The molecule has 0 spiro atoms. The molecule has 1 aromatic rings.